The lowest BCUT2D eigenvalue weighted by molar-refractivity contribution is -0.191. The highest BCUT2D eigenvalue weighted by Crippen LogP contribution is 2.75. The van der Waals surface area contributed by atoms with Crippen molar-refractivity contribution in [2.45, 2.75) is 113 Å². The van der Waals surface area contributed by atoms with E-state index < -0.39 is 0 Å². The van der Waals surface area contributed by atoms with E-state index >= 15 is 0 Å². The molecule has 1 nitrogen and oxygen atoms in total. The molecule has 5 aliphatic carbocycles. The van der Waals surface area contributed by atoms with Gasteiger partial charge in [0.15, 0.2) is 0 Å². The molecule has 0 amide bonds. The van der Waals surface area contributed by atoms with Gasteiger partial charge < -0.3 is 4.79 Å². The lowest BCUT2D eigenvalue weighted by atomic mass is 9.33. The average Bonchev–Trinajstić information content (AvgIpc) is 2.72. The maximum atomic E-state index is 12.0. The Labute approximate surface area is 198 Å². The van der Waals surface area contributed by atoms with Crippen molar-refractivity contribution >= 4 is 6.29 Å². The van der Waals surface area contributed by atoms with Gasteiger partial charge in [0.2, 0.25) is 0 Å². The molecule has 0 aromatic rings. The van der Waals surface area contributed by atoms with Crippen molar-refractivity contribution in [2.24, 2.45) is 62.6 Å². The van der Waals surface area contributed by atoms with Crippen LogP contribution in [0.25, 0.3) is 0 Å². The van der Waals surface area contributed by atoms with Crippen molar-refractivity contribution < 1.29 is 4.79 Å². The Bertz CT molecular complexity index is 822. The molecule has 1 heteroatoms. The van der Waals surface area contributed by atoms with E-state index in [4.69, 9.17) is 0 Å². The normalized spacial score (nSPS) is 56.7. The van der Waals surface area contributed by atoms with Gasteiger partial charge in [-0.15, -0.1) is 0 Å². The second-order valence-corrected chi connectivity index (χ2v) is 14.9. The van der Waals surface area contributed by atoms with Gasteiger partial charge in [0.25, 0.3) is 0 Å². The third-order valence-electron chi connectivity index (χ3n) is 13.7. The number of hydrogen-bond donors (Lipinski definition) is 0. The number of allylic oxidation sites excluding steroid dienone is 2. The molecule has 0 radical (unpaired) electrons. The number of carbonyl (C=O) groups is 1. The number of rotatable bonds is 1. The van der Waals surface area contributed by atoms with Crippen LogP contribution >= 0.6 is 0 Å². The number of hydrogen-bond acceptors (Lipinski definition) is 1. The first-order valence-electron chi connectivity index (χ1n) is 14.0. The Morgan fingerprint density at radius 1 is 0.844 bits per heavy atom. The third kappa shape index (κ3) is 2.66. The molecule has 0 aromatic carbocycles. The number of carbonyl (C=O) groups excluding carboxylic acids is 1. The zero-order valence-corrected chi connectivity index (χ0v) is 22.4. The van der Waals surface area contributed by atoms with Crippen LogP contribution < -0.4 is 0 Å². The summed E-state index contributed by atoms with van der Waals surface area (Å²) in [5.74, 6) is 4.14. The standard InChI is InChI=1S/C31H50O/c1-20-11-14-28(5)17-18-30(7)23(26(28)21(20)2)9-10-25-29(6)15-12-22(19-32)27(3,4)24(29)13-16-31(25,30)8/h9,19-22,24-26H,10-18H2,1-8H3. The van der Waals surface area contributed by atoms with Gasteiger partial charge in [0.05, 0.1) is 0 Å². The predicted molar refractivity (Wildman–Crippen MR) is 134 cm³/mol. The molecule has 10 unspecified atom stereocenters. The summed E-state index contributed by atoms with van der Waals surface area (Å²) in [6.07, 6.45) is 16.1. The summed E-state index contributed by atoms with van der Waals surface area (Å²) in [5.41, 5.74) is 3.66. The minimum Gasteiger partial charge on any atom is -0.303 e. The molecule has 0 aliphatic heterocycles. The minimum absolute atomic E-state index is 0.138. The topological polar surface area (TPSA) is 17.1 Å². The first-order valence-corrected chi connectivity index (χ1v) is 14.0. The number of aldehydes is 1. The SMILES string of the molecule is CC1CCC2(C)CCC3(C)C(=CCC4C5(C)CCC(C=O)C(C)(C)C5CCC43C)C2C1C. The highest BCUT2D eigenvalue weighted by atomic mass is 16.1. The monoisotopic (exact) mass is 438 g/mol. The van der Waals surface area contributed by atoms with E-state index in [0.717, 1.165) is 30.1 Å². The summed E-state index contributed by atoms with van der Waals surface area (Å²) in [6.45, 7) is 20.6. The molecular weight excluding hydrogens is 388 g/mol. The summed E-state index contributed by atoms with van der Waals surface area (Å²) in [5, 5.41) is 0. The molecule has 0 heterocycles. The van der Waals surface area contributed by atoms with E-state index in [2.05, 4.69) is 61.5 Å². The molecule has 5 rings (SSSR count). The lowest BCUT2D eigenvalue weighted by Crippen LogP contribution is -2.64. The van der Waals surface area contributed by atoms with Gasteiger partial charge in [-0.05, 0) is 114 Å². The first kappa shape index (κ1) is 23.2. The van der Waals surface area contributed by atoms with Crippen LogP contribution in [0.2, 0.25) is 0 Å². The summed E-state index contributed by atoms with van der Waals surface area (Å²) < 4.78 is 0. The Hall–Kier alpha value is -0.590. The zero-order valence-electron chi connectivity index (χ0n) is 22.4. The van der Waals surface area contributed by atoms with Crippen LogP contribution in [0.3, 0.4) is 0 Å². The molecule has 0 bridgehead atoms. The Balaban J connectivity index is 1.58. The van der Waals surface area contributed by atoms with Gasteiger partial charge in [-0.25, -0.2) is 0 Å². The first-order chi connectivity index (χ1) is 14.8. The minimum atomic E-state index is 0.138. The summed E-state index contributed by atoms with van der Waals surface area (Å²) in [6, 6.07) is 0. The van der Waals surface area contributed by atoms with Gasteiger partial charge in [-0.1, -0.05) is 67.0 Å². The van der Waals surface area contributed by atoms with Crippen molar-refractivity contribution in [1.29, 1.82) is 0 Å². The van der Waals surface area contributed by atoms with Gasteiger partial charge in [0, 0.05) is 5.92 Å². The molecule has 4 fully saturated rings. The molecule has 0 aromatic heterocycles. The van der Waals surface area contributed by atoms with E-state index in [1.807, 2.05) is 5.57 Å². The molecule has 0 saturated heterocycles. The Kier molecular flexibility index (Phi) is 5.05. The third-order valence-corrected chi connectivity index (χ3v) is 13.7. The largest absolute Gasteiger partial charge is 0.303 e. The summed E-state index contributed by atoms with van der Waals surface area (Å²) in [7, 11) is 0. The second kappa shape index (κ2) is 6.97. The van der Waals surface area contributed by atoms with Crippen LogP contribution in [0.4, 0.5) is 0 Å². The molecular formula is C31H50O. The molecule has 4 saturated carbocycles. The molecule has 180 valence electrons. The summed E-state index contributed by atoms with van der Waals surface area (Å²) in [4.78, 5) is 12.0. The molecule has 5 aliphatic rings. The van der Waals surface area contributed by atoms with E-state index in [0.29, 0.717) is 27.6 Å². The fourth-order valence-electron chi connectivity index (χ4n) is 11.1. The molecule has 10 atom stereocenters. The van der Waals surface area contributed by atoms with Crippen molar-refractivity contribution in [2.75, 3.05) is 0 Å². The van der Waals surface area contributed by atoms with Gasteiger partial charge >= 0.3 is 0 Å². The smallest absolute Gasteiger partial charge is 0.123 e. The molecule has 0 N–H and O–H groups in total. The van der Waals surface area contributed by atoms with Crippen molar-refractivity contribution in [1.82, 2.24) is 0 Å². The van der Waals surface area contributed by atoms with Crippen LogP contribution in [0.5, 0.6) is 0 Å². The van der Waals surface area contributed by atoms with Crippen molar-refractivity contribution in [3.63, 3.8) is 0 Å². The van der Waals surface area contributed by atoms with E-state index in [1.54, 1.807) is 0 Å². The maximum Gasteiger partial charge on any atom is 0.123 e. The van der Waals surface area contributed by atoms with E-state index in [9.17, 15) is 4.79 Å². The molecule has 0 spiro atoms. The highest BCUT2D eigenvalue weighted by Gasteiger charge is 2.68. The van der Waals surface area contributed by atoms with Gasteiger partial charge in [0.1, 0.15) is 6.29 Å². The second-order valence-electron chi connectivity index (χ2n) is 14.9. The zero-order chi connectivity index (χ0) is 23.3. The quantitative estimate of drug-likeness (QED) is 0.296. The van der Waals surface area contributed by atoms with Gasteiger partial charge in [-0.2, -0.15) is 0 Å². The fourth-order valence-corrected chi connectivity index (χ4v) is 11.1. The average molecular weight is 439 g/mol. The highest BCUT2D eigenvalue weighted by molar-refractivity contribution is 5.55. The van der Waals surface area contributed by atoms with Crippen LogP contribution in [-0.2, 0) is 4.79 Å². The van der Waals surface area contributed by atoms with Crippen LogP contribution in [0, 0.1) is 62.6 Å². The number of fused-ring (bicyclic) bond motifs is 7. The lowest BCUT2D eigenvalue weighted by Gasteiger charge is -2.71. The Morgan fingerprint density at radius 3 is 2.25 bits per heavy atom. The van der Waals surface area contributed by atoms with Crippen LogP contribution in [0.15, 0.2) is 11.6 Å². The van der Waals surface area contributed by atoms with Crippen LogP contribution in [-0.4, -0.2) is 6.29 Å². The molecule has 32 heavy (non-hydrogen) atoms. The maximum absolute atomic E-state index is 12.0. The predicted octanol–water partition coefficient (Wildman–Crippen LogP) is 8.48. The van der Waals surface area contributed by atoms with E-state index in [1.165, 1.54) is 57.7 Å². The summed E-state index contributed by atoms with van der Waals surface area (Å²) >= 11 is 0. The fraction of sp³-hybridized carbons (Fsp3) is 0.903. The Morgan fingerprint density at radius 2 is 1.56 bits per heavy atom. The van der Waals surface area contributed by atoms with Crippen molar-refractivity contribution in [3.05, 3.63) is 11.6 Å². The van der Waals surface area contributed by atoms with Crippen molar-refractivity contribution in [3.8, 4) is 0 Å². The van der Waals surface area contributed by atoms with E-state index in [-0.39, 0.29) is 11.3 Å². The van der Waals surface area contributed by atoms with Gasteiger partial charge in [-0.3, -0.25) is 0 Å². The van der Waals surface area contributed by atoms with Crippen LogP contribution in [0.1, 0.15) is 113 Å².